The van der Waals surface area contributed by atoms with Crippen LogP contribution in [0.3, 0.4) is 0 Å². The van der Waals surface area contributed by atoms with E-state index in [0.29, 0.717) is 25.1 Å². The third kappa shape index (κ3) is 4.67. The Morgan fingerprint density at radius 2 is 1.72 bits per heavy atom. The first kappa shape index (κ1) is 19.6. The standard InChI is InChI=1S/C24H29N3O2/c28-23(25-13-8-16-26-14-6-7-15-26)22(17-19-9-2-1-3-10-19)27-18-20-11-4-5-12-21(20)24(27)29/h1-5,9-12,22H,6-8,13-18H2,(H,25,28). The number of carbonyl (C=O) groups is 2. The lowest BCUT2D eigenvalue weighted by Crippen LogP contribution is -2.48. The van der Waals surface area contributed by atoms with Gasteiger partial charge < -0.3 is 15.1 Å². The van der Waals surface area contributed by atoms with Crippen LogP contribution in [0, 0.1) is 0 Å². The summed E-state index contributed by atoms with van der Waals surface area (Å²) >= 11 is 0. The van der Waals surface area contributed by atoms with Crippen LogP contribution in [0.2, 0.25) is 0 Å². The second kappa shape index (κ2) is 9.23. The van der Waals surface area contributed by atoms with Gasteiger partial charge in [-0.25, -0.2) is 0 Å². The summed E-state index contributed by atoms with van der Waals surface area (Å²) < 4.78 is 0. The number of rotatable bonds is 8. The molecule has 1 N–H and O–H groups in total. The van der Waals surface area contributed by atoms with E-state index in [2.05, 4.69) is 10.2 Å². The van der Waals surface area contributed by atoms with E-state index in [1.54, 1.807) is 4.90 Å². The molecule has 0 radical (unpaired) electrons. The van der Waals surface area contributed by atoms with Crippen LogP contribution in [0.4, 0.5) is 0 Å². The zero-order valence-corrected chi connectivity index (χ0v) is 16.8. The van der Waals surface area contributed by atoms with Gasteiger partial charge in [-0.1, -0.05) is 48.5 Å². The average Bonchev–Trinajstić information content (AvgIpc) is 3.38. The van der Waals surface area contributed by atoms with Crippen molar-refractivity contribution in [2.24, 2.45) is 0 Å². The van der Waals surface area contributed by atoms with Crippen molar-refractivity contribution >= 4 is 11.8 Å². The highest BCUT2D eigenvalue weighted by Crippen LogP contribution is 2.26. The molecule has 5 nitrogen and oxygen atoms in total. The molecule has 0 bridgehead atoms. The van der Waals surface area contributed by atoms with Gasteiger partial charge in [-0.2, -0.15) is 0 Å². The summed E-state index contributed by atoms with van der Waals surface area (Å²) in [7, 11) is 0. The van der Waals surface area contributed by atoms with E-state index >= 15 is 0 Å². The Bertz CT molecular complexity index is 846. The summed E-state index contributed by atoms with van der Waals surface area (Å²) in [4.78, 5) is 30.3. The highest BCUT2D eigenvalue weighted by atomic mass is 16.2. The van der Waals surface area contributed by atoms with E-state index in [1.807, 2.05) is 54.6 Å². The maximum Gasteiger partial charge on any atom is 0.255 e. The largest absolute Gasteiger partial charge is 0.354 e. The molecule has 1 unspecified atom stereocenters. The number of hydrogen-bond acceptors (Lipinski definition) is 3. The van der Waals surface area contributed by atoms with E-state index < -0.39 is 6.04 Å². The quantitative estimate of drug-likeness (QED) is 0.704. The number of fused-ring (bicyclic) bond motifs is 1. The highest BCUT2D eigenvalue weighted by Gasteiger charge is 2.36. The lowest BCUT2D eigenvalue weighted by Gasteiger charge is -2.27. The summed E-state index contributed by atoms with van der Waals surface area (Å²) in [6.45, 7) is 4.51. The number of carbonyl (C=O) groups excluding carboxylic acids is 2. The Kier molecular flexibility index (Phi) is 6.25. The molecule has 4 rings (SSSR count). The fourth-order valence-corrected chi connectivity index (χ4v) is 4.35. The van der Waals surface area contributed by atoms with Crippen molar-refractivity contribution in [2.45, 2.75) is 38.3 Å². The molecule has 29 heavy (non-hydrogen) atoms. The summed E-state index contributed by atoms with van der Waals surface area (Å²) in [5.41, 5.74) is 2.78. The smallest absolute Gasteiger partial charge is 0.255 e. The number of hydrogen-bond donors (Lipinski definition) is 1. The molecule has 2 aromatic carbocycles. The first-order chi connectivity index (χ1) is 14.2. The van der Waals surface area contributed by atoms with Gasteiger partial charge in [-0.3, -0.25) is 9.59 Å². The minimum atomic E-state index is -0.496. The molecule has 2 aliphatic rings. The molecule has 152 valence electrons. The van der Waals surface area contributed by atoms with E-state index in [9.17, 15) is 9.59 Å². The van der Waals surface area contributed by atoms with Crippen molar-refractivity contribution < 1.29 is 9.59 Å². The third-order valence-corrected chi connectivity index (χ3v) is 5.95. The number of nitrogens with zero attached hydrogens (tertiary/aromatic N) is 2. The molecule has 0 aromatic heterocycles. The van der Waals surface area contributed by atoms with Crippen molar-refractivity contribution in [3.05, 3.63) is 71.3 Å². The first-order valence-electron chi connectivity index (χ1n) is 10.7. The summed E-state index contributed by atoms with van der Waals surface area (Å²) in [5, 5.41) is 3.09. The Morgan fingerprint density at radius 1 is 1.00 bits per heavy atom. The van der Waals surface area contributed by atoms with Crippen LogP contribution in [0.15, 0.2) is 54.6 Å². The highest BCUT2D eigenvalue weighted by molar-refractivity contribution is 6.01. The fraction of sp³-hybridized carbons (Fsp3) is 0.417. The molecule has 1 saturated heterocycles. The van der Waals surface area contributed by atoms with Gasteiger partial charge in [0, 0.05) is 25.1 Å². The van der Waals surface area contributed by atoms with Crippen molar-refractivity contribution in [3.8, 4) is 0 Å². The minimum Gasteiger partial charge on any atom is -0.354 e. The maximum atomic E-state index is 13.1. The lowest BCUT2D eigenvalue weighted by atomic mass is 10.0. The maximum absolute atomic E-state index is 13.1. The molecule has 2 heterocycles. The van der Waals surface area contributed by atoms with Gasteiger partial charge in [0.05, 0.1) is 0 Å². The molecule has 2 aromatic rings. The van der Waals surface area contributed by atoms with Gasteiger partial charge in [-0.05, 0) is 56.1 Å². The Morgan fingerprint density at radius 3 is 2.48 bits per heavy atom. The van der Waals surface area contributed by atoms with Crippen LogP contribution in [0.1, 0.15) is 40.7 Å². The molecule has 5 heteroatoms. The van der Waals surface area contributed by atoms with Crippen LogP contribution in [-0.2, 0) is 17.8 Å². The van der Waals surface area contributed by atoms with E-state index in [-0.39, 0.29) is 11.8 Å². The Labute approximate surface area is 172 Å². The van der Waals surface area contributed by atoms with Crippen LogP contribution in [0.5, 0.6) is 0 Å². The predicted octanol–water partition coefficient (Wildman–Crippen LogP) is 2.86. The predicted molar refractivity (Wildman–Crippen MR) is 114 cm³/mol. The second-order valence-corrected chi connectivity index (χ2v) is 7.99. The SMILES string of the molecule is O=C(NCCCN1CCCC1)C(Cc1ccccc1)N1Cc2ccccc2C1=O. The number of benzene rings is 2. The van der Waals surface area contributed by atoms with Crippen LogP contribution >= 0.6 is 0 Å². The topological polar surface area (TPSA) is 52.7 Å². The van der Waals surface area contributed by atoms with Gasteiger partial charge in [0.2, 0.25) is 5.91 Å². The fourth-order valence-electron chi connectivity index (χ4n) is 4.35. The number of nitrogens with one attached hydrogen (secondary N) is 1. The van der Waals surface area contributed by atoms with Crippen LogP contribution < -0.4 is 5.32 Å². The van der Waals surface area contributed by atoms with Gasteiger partial charge >= 0.3 is 0 Å². The molecule has 2 amide bonds. The van der Waals surface area contributed by atoms with Crippen LogP contribution in [-0.4, -0.2) is 53.8 Å². The Balaban J connectivity index is 1.42. The summed E-state index contributed by atoms with van der Waals surface area (Å²) in [6.07, 6.45) is 4.03. The summed E-state index contributed by atoms with van der Waals surface area (Å²) in [6, 6.07) is 17.1. The van der Waals surface area contributed by atoms with Gasteiger partial charge in [0.1, 0.15) is 6.04 Å². The molecule has 2 aliphatic heterocycles. The van der Waals surface area contributed by atoms with Crippen LogP contribution in [0.25, 0.3) is 0 Å². The van der Waals surface area contributed by atoms with Crippen molar-refractivity contribution in [1.82, 2.24) is 15.1 Å². The van der Waals surface area contributed by atoms with E-state index in [1.165, 1.54) is 25.9 Å². The second-order valence-electron chi connectivity index (χ2n) is 7.99. The van der Waals surface area contributed by atoms with Gasteiger partial charge in [0.25, 0.3) is 5.91 Å². The zero-order chi connectivity index (χ0) is 20.1. The van der Waals surface area contributed by atoms with E-state index in [4.69, 9.17) is 0 Å². The minimum absolute atomic E-state index is 0.0475. The van der Waals surface area contributed by atoms with Crippen molar-refractivity contribution in [3.63, 3.8) is 0 Å². The number of likely N-dealkylation sites (tertiary alicyclic amines) is 1. The molecule has 1 atom stereocenters. The molecule has 0 spiro atoms. The zero-order valence-electron chi connectivity index (χ0n) is 16.8. The lowest BCUT2D eigenvalue weighted by molar-refractivity contribution is -0.125. The molecular weight excluding hydrogens is 362 g/mol. The normalized spacial score (nSPS) is 17.4. The van der Waals surface area contributed by atoms with Crippen molar-refractivity contribution in [1.29, 1.82) is 0 Å². The molecular formula is C24H29N3O2. The monoisotopic (exact) mass is 391 g/mol. The van der Waals surface area contributed by atoms with Gasteiger partial charge in [0.15, 0.2) is 0 Å². The summed E-state index contributed by atoms with van der Waals surface area (Å²) in [5.74, 6) is -0.106. The van der Waals surface area contributed by atoms with E-state index in [0.717, 1.165) is 24.1 Å². The first-order valence-corrected chi connectivity index (χ1v) is 10.7. The number of amides is 2. The average molecular weight is 392 g/mol. The molecule has 0 aliphatic carbocycles. The molecule has 1 fully saturated rings. The molecule has 0 saturated carbocycles. The Hall–Kier alpha value is -2.66. The third-order valence-electron chi connectivity index (χ3n) is 5.95. The van der Waals surface area contributed by atoms with Crippen molar-refractivity contribution in [2.75, 3.05) is 26.2 Å². The van der Waals surface area contributed by atoms with Gasteiger partial charge in [-0.15, -0.1) is 0 Å².